The van der Waals surface area contributed by atoms with Gasteiger partial charge >= 0.3 is 5.69 Å². The standard InChI is InChI=1S/C22H24N4O3/c1-14(17-20(27)25(2)22(29)26(3)21(17)28)24-19(16-12-8-5-9-13-16)18(23)15-10-6-4-7-11-15/h4-13,18-19,27H,23H2,1-3H3/t18-,19-/m0/s1. The van der Waals surface area contributed by atoms with Crippen molar-refractivity contribution in [3.05, 3.63) is 98.2 Å². The Bertz CT molecular complexity index is 1150. The van der Waals surface area contributed by atoms with Gasteiger partial charge in [0, 0.05) is 14.1 Å². The van der Waals surface area contributed by atoms with Crippen LogP contribution in [0.15, 0.2) is 75.2 Å². The Labute approximate surface area is 168 Å². The van der Waals surface area contributed by atoms with Crippen molar-refractivity contribution in [1.82, 2.24) is 9.13 Å². The van der Waals surface area contributed by atoms with Crippen LogP contribution in [0.1, 0.15) is 35.7 Å². The number of aromatic nitrogens is 2. The average Bonchev–Trinajstić information content (AvgIpc) is 2.75. The number of hydrogen-bond acceptors (Lipinski definition) is 5. The molecule has 0 aliphatic rings. The van der Waals surface area contributed by atoms with Gasteiger partial charge in [-0.05, 0) is 18.1 Å². The largest absolute Gasteiger partial charge is 0.494 e. The van der Waals surface area contributed by atoms with Crippen LogP contribution in [0.5, 0.6) is 5.88 Å². The zero-order valence-electron chi connectivity index (χ0n) is 16.6. The van der Waals surface area contributed by atoms with E-state index in [0.717, 1.165) is 20.3 Å². The summed E-state index contributed by atoms with van der Waals surface area (Å²) in [4.78, 5) is 29.4. The van der Waals surface area contributed by atoms with Gasteiger partial charge in [-0.2, -0.15) is 0 Å². The lowest BCUT2D eigenvalue weighted by atomic mass is 9.94. The highest BCUT2D eigenvalue weighted by atomic mass is 16.3. The van der Waals surface area contributed by atoms with E-state index >= 15 is 0 Å². The van der Waals surface area contributed by atoms with Crippen molar-refractivity contribution in [2.24, 2.45) is 24.8 Å². The maximum Gasteiger partial charge on any atom is 0.333 e. The number of aliphatic imine (C=N–C) groups is 1. The van der Waals surface area contributed by atoms with E-state index in [0.29, 0.717) is 5.71 Å². The lowest BCUT2D eigenvalue weighted by Crippen LogP contribution is -2.39. The van der Waals surface area contributed by atoms with Crippen molar-refractivity contribution in [3.63, 3.8) is 0 Å². The summed E-state index contributed by atoms with van der Waals surface area (Å²) < 4.78 is 1.97. The molecule has 0 saturated heterocycles. The number of rotatable bonds is 5. The minimum Gasteiger partial charge on any atom is -0.494 e. The first-order valence-electron chi connectivity index (χ1n) is 9.22. The fourth-order valence-corrected chi connectivity index (χ4v) is 3.29. The highest BCUT2D eigenvalue weighted by Crippen LogP contribution is 2.31. The molecule has 0 aliphatic carbocycles. The maximum absolute atomic E-state index is 12.6. The molecule has 0 bridgehead atoms. The number of benzene rings is 2. The molecule has 150 valence electrons. The SMILES string of the molecule is CC(=N[C@@H](c1ccccc1)[C@@H](N)c1ccccc1)c1c(O)n(C)c(=O)n(C)c1=O. The molecule has 3 N–H and O–H groups in total. The van der Waals surface area contributed by atoms with Crippen LogP contribution in [-0.2, 0) is 14.1 Å². The van der Waals surface area contributed by atoms with Crippen LogP contribution in [0.25, 0.3) is 0 Å². The van der Waals surface area contributed by atoms with E-state index in [9.17, 15) is 14.7 Å². The smallest absolute Gasteiger partial charge is 0.333 e. The molecule has 3 rings (SSSR count). The van der Waals surface area contributed by atoms with Crippen LogP contribution in [0.3, 0.4) is 0 Å². The molecule has 2 aromatic carbocycles. The molecular formula is C22H24N4O3. The molecule has 7 heteroatoms. The second-order valence-corrected chi connectivity index (χ2v) is 6.91. The lowest BCUT2D eigenvalue weighted by Gasteiger charge is -2.22. The third kappa shape index (κ3) is 3.90. The summed E-state index contributed by atoms with van der Waals surface area (Å²) >= 11 is 0. The van der Waals surface area contributed by atoms with Gasteiger partial charge in [0.1, 0.15) is 5.56 Å². The molecule has 29 heavy (non-hydrogen) atoms. The van der Waals surface area contributed by atoms with Crippen molar-refractivity contribution in [2.75, 3.05) is 0 Å². The highest BCUT2D eigenvalue weighted by Gasteiger charge is 2.23. The monoisotopic (exact) mass is 392 g/mol. The van der Waals surface area contributed by atoms with Crippen LogP contribution in [0.4, 0.5) is 0 Å². The van der Waals surface area contributed by atoms with E-state index in [4.69, 9.17) is 10.7 Å². The van der Waals surface area contributed by atoms with Gasteiger partial charge in [-0.1, -0.05) is 60.7 Å². The van der Waals surface area contributed by atoms with Gasteiger partial charge in [0.25, 0.3) is 5.56 Å². The second kappa shape index (κ2) is 8.28. The number of nitrogens with zero attached hydrogens (tertiary/aromatic N) is 3. The average molecular weight is 392 g/mol. The van der Waals surface area contributed by atoms with E-state index in [2.05, 4.69) is 0 Å². The lowest BCUT2D eigenvalue weighted by molar-refractivity contribution is 0.410. The van der Waals surface area contributed by atoms with E-state index in [-0.39, 0.29) is 5.56 Å². The Balaban J connectivity index is 2.17. The predicted molar refractivity (Wildman–Crippen MR) is 113 cm³/mol. The predicted octanol–water partition coefficient (Wildman–Crippen LogP) is 2.04. The zero-order valence-corrected chi connectivity index (χ0v) is 16.6. The summed E-state index contributed by atoms with van der Waals surface area (Å²) in [5.74, 6) is -0.417. The van der Waals surface area contributed by atoms with Crippen molar-refractivity contribution in [2.45, 2.75) is 19.0 Å². The molecule has 3 aromatic rings. The third-order valence-electron chi connectivity index (χ3n) is 4.99. The Kier molecular flexibility index (Phi) is 5.79. The fraction of sp³-hybridized carbons (Fsp3) is 0.227. The summed E-state index contributed by atoms with van der Waals surface area (Å²) in [6, 6.07) is 18.2. The molecular weight excluding hydrogens is 368 g/mol. The summed E-state index contributed by atoms with van der Waals surface area (Å²) in [7, 11) is 2.77. The molecule has 0 saturated carbocycles. The van der Waals surface area contributed by atoms with E-state index in [1.165, 1.54) is 14.1 Å². The van der Waals surface area contributed by atoms with Crippen LogP contribution < -0.4 is 17.0 Å². The Morgan fingerprint density at radius 3 is 2.00 bits per heavy atom. The number of aromatic hydroxyl groups is 1. The minimum absolute atomic E-state index is 0.0178. The molecule has 0 aliphatic heterocycles. The van der Waals surface area contributed by atoms with E-state index in [1.54, 1.807) is 6.92 Å². The normalized spacial score (nSPS) is 13.9. The Hall–Kier alpha value is -3.45. The van der Waals surface area contributed by atoms with E-state index in [1.807, 2.05) is 60.7 Å². The molecule has 0 spiro atoms. The van der Waals surface area contributed by atoms with Crippen LogP contribution >= 0.6 is 0 Å². The Morgan fingerprint density at radius 2 is 1.45 bits per heavy atom. The van der Waals surface area contributed by atoms with Gasteiger partial charge in [0.05, 0.1) is 17.8 Å². The highest BCUT2D eigenvalue weighted by molar-refractivity contribution is 6.00. The minimum atomic E-state index is -0.607. The zero-order chi connectivity index (χ0) is 21.1. The summed E-state index contributed by atoms with van der Waals surface area (Å²) in [6.07, 6.45) is 0. The maximum atomic E-state index is 12.6. The van der Waals surface area contributed by atoms with Gasteiger partial charge in [-0.15, -0.1) is 0 Å². The second-order valence-electron chi connectivity index (χ2n) is 6.91. The van der Waals surface area contributed by atoms with Crippen LogP contribution in [0, 0.1) is 0 Å². The van der Waals surface area contributed by atoms with Gasteiger partial charge in [0.2, 0.25) is 5.88 Å². The molecule has 0 unspecified atom stereocenters. The fourth-order valence-electron chi connectivity index (χ4n) is 3.29. The molecule has 0 amide bonds. The summed E-state index contributed by atoms with van der Waals surface area (Å²) in [5, 5.41) is 10.4. The molecule has 1 heterocycles. The quantitative estimate of drug-likeness (QED) is 0.649. The number of hydrogen-bond donors (Lipinski definition) is 2. The van der Waals surface area contributed by atoms with Crippen molar-refractivity contribution in [3.8, 4) is 5.88 Å². The number of nitrogens with two attached hydrogens (primary N) is 1. The molecule has 1 aromatic heterocycles. The van der Waals surface area contributed by atoms with Crippen molar-refractivity contribution < 1.29 is 5.11 Å². The first-order valence-corrected chi connectivity index (χ1v) is 9.22. The first kappa shape index (κ1) is 20.3. The van der Waals surface area contributed by atoms with Crippen LogP contribution in [-0.4, -0.2) is 20.0 Å². The molecule has 0 fully saturated rings. The van der Waals surface area contributed by atoms with E-state index < -0.39 is 29.2 Å². The van der Waals surface area contributed by atoms with Crippen molar-refractivity contribution in [1.29, 1.82) is 0 Å². The van der Waals surface area contributed by atoms with Gasteiger partial charge in [0.15, 0.2) is 0 Å². The van der Waals surface area contributed by atoms with Crippen LogP contribution in [0.2, 0.25) is 0 Å². The molecule has 7 nitrogen and oxygen atoms in total. The first-order chi connectivity index (χ1) is 13.8. The van der Waals surface area contributed by atoms with Crippen molar-refractivity contribution >= 4 is 5.71 Å². The summed E-state index contributed by atoms with van der Waals surface area (Å²) in [5.41, 5.74) is 7.40. The summed E-state index contributed by atoms with van der Waals surface area (Å²) in [6.45, 7) is 1.63. The van der Waals surface area contributed by atoms with Gasteiger partial charge in [-0.25, -0.2) is 4.79 Å². The molecule has 0 radical (unpaired) electrons. The van der Waals surface area contributed by atoms with Gasteiger partial charge < -0.3 is 10.8 Å². The molecule has 2 atom stereocenters. The Morgan fingerprint density at radius 1 is 0.931 bits per heavy atom. The topological polar surface area (TPSA) is 103 Å². The van der Waals surface area contributed by atoms with Gasteiger partial charge in [-0.3, -0.25) is 18.9 Å². The third-order valence-corrected chi connectivity index (χ3v) is 4.99.